The number of pyridine rings is 1. The predicted molar refractivity (Wildman–Crippen MR) is 37.8 cm³/mol. The van der Waals surface area contributed by atoms with Crippen molar-refractivity contribution in [2.24, 2.45) is 0 Å². The molecule has 0 aliphatic rings. The van der Waals surface area contributed by atoms with Gasteiger partial charge in [-0.2, -0.15) is 4.57 Å². The minimum absolute atomic E-state index is 0. The van der Waals surface area contributed by atoms with E-state index in [4.69, 9.17) is 0 Å². The molecule has 0 amide bonds. The summed E-state index contributed by atoms with van der Waals surface area (Å²) in [6.07, 6.45) is 5.71. The molecule has 0 aliphatic carbocycles. The van der Waals surface area contributed by atoms with Crippen LogP contribution < -0.4 is 17.0 Å². The number of aryl methyl sites for hydroxylation is 1. The third-order valence-electron chi connectivity index (χ3n) is 1.23. The molecule has 1 aromatic rings. The number of nitrogens with zero attached hydrogens (tertiary/aromatic N) is 1. The smallest absolute Gasteiger partial charge is 0.174 e. The molecular formula is C8H10ClN. The standard InChI is InChI=1S/C8H10N.ClH/c1-3-9-6-4-8(2)5-7-9;/h3-7H,1H2,2H3;1H/q+1;/p-1. The lowest BCUT2D eigenvalue weighted by Gasteiger charge is -1.85. The van der Waals surface area contributed by atoms with Crippen LogP contribution in [0.3, 0.4) is 0 Å². The Hall–Kier alpha value is -0.820. The number of hydrogen-bond donors (Lipinski definition) is 0. The molecule has 0 N–H and O–H groups in total. The summed E-state index contributed by atoms with van der Waals surface area (Å²) in [4.78, 5) is 0. The molecule has 1 aromatic heterocycles. The molecule has 1 rings (SSSR count). The van der Waals surface area contributed by atoms with Crippen molar-refractivity contribution >= 4 is 6.20 Å². The quantitative estimate of drug-likeness (QED) is 0.430. The van der Waals surface area contributed by atoms with Crippen LogP contribution in [0.4, 0.5) is 0 Å². The van der Waals surface area contributed by atoms with Crippen LogP contribution in [-0.4, -0.2) is 0 Å². The maximum Gasteiger partial charge on any atom is 0.174 e. The summed E-state index contributed by atoms with van der Waals surface area (Å²) in [6, 6.07) is 4.09. The molecule has 10 heavy (non-hydrogen) atoms. The van der Waals surface area contributed by atoms with Crippen molar-refractivity contribution in [3.05, 3.63) is 36.7 Å². The molecule has 0 saturated carbocycles. The second-order valence-electron chi connectivity index (χ2n) is 2.01. The van der Waals surface area contributed by atoms with Crippen LogP contribution in [0, 0.1) is 6.92 Å². The first-order valence-electron chi connectivity index (χ1n) is 2.93. The monoisotopic (exact) mass is 155 g/mol. The summed E-state index contributed by atoms with van der Waals surface area (Å²) in [5.41, 5.74) is 1.27. The van der Waals surface area contributed by atoms with Gasteiger partial charge in [0.05, 0.1) is 0 Å². The molecule has 0 unspecified atom stereocenters. The highest BCUT2D eigenvalue weighted by Crippen LogP contribution is 1.88. The Morgan fingerprint density at radius 1 is 1.40 bits per heavy atom. The molecule has 0 aliphatic heterocycles. The van der Waals surface area contributed by atoms with E-state index in [-0.39, 0.29) is 12.4 Å². The van der Waals surface area contributed by atoms with Crippen molar-refractivity contribution in [2.75, 3.05) is 0 Å². The fourth-order valence-electron chi connectivity index (χ4n) is 0.634. The fraction of sp³-hybridized carbons (Fsp3) is 0.125. The lowest BCUT2D eigenvalue weighted by atomic mass is 10.3. The van der Waals surface area contributed by atoms with Crippen LogP contribution >= 0.6 is 0 Å². The fourth-order valence-corrected chi connectivity index (χ4v) is 0.634. The minimum Gasteiger partial charge on any atom is -1.00 e. The van der Waals surface area contributed by atoms with Gasteiger partial charge < -0.3 is 12.4 Å². The topological polar surface area (TPSA) is 3.88 Å². The molecule has 54 valence electrons. The zero-order valence-electron chi connectivity index (χ0n) is 5.92. The Balaban J connectivity index is 0.000000810. The van der Waals surface area contributed by atoms with Crippen LogP contribution in [0.2, 0.25) is 0 Å². The molecule has 1 heterocycles. The first kappa shape index (κ1) is 9.18. The highest BCUT2D eigenvalue weighted by Gasteiger charge is 1.88. The van der Waals surface area contributed by atoms with Gasteiger partial charge in [-0.3, -0.25) is 0 Å². The number of aromatic nitrogens is 1. The third kappa shape index (κ3) is 2.19. The second-order valence-corrected chi connectivity index (χ2v) is 2.01. The van der Waals surface area contributed by atoms with E-state index in [9.17, 15) is 0 Å². The highest BCUT2D eigenvalue weighted by atomic mass is 35.5. The molecule has 0 spiro atoms. The van der Waals surface area contributed by atoms with Gasteiger partial charge in [-0.05, 0) is 19.1 Å². The summed E-state index contributed by atoms with van der Waals surface area (Å²) < 4.78 is 1.91. The van der Waals surface area contributed by atoms with Gasteiger partial charge >= 0.3 is 0 Å². The Labute approximate surface area is 67.4 Å². The zero-order valence-corrected chi connectivity index (χ0v) is 6.67. The number of hydrogen-bond acceptors (Lipinski definition) is 0. The summed E-state index contributed by atoms with van der Waals surface area (Å²) in [5, 5.41) is 0. The molecule has 0 aromatic carbocycles. The van der Waals surface area contributed by atoms with E-state index in [0.29, 0.717) is 0 Å². The van der Waals surface area contributed by atoms with E-state index in [0.717, 1.165) is 0 Å². The van der Waals surface area contributed by atoms with E-state index >= 15 is 0 Å². The van der Waals surface area contributed by atoms with Crippen molar-refractivity contribution < 1.29 is 17.0 Å². The lowest BCUT2D eigenvalue weighted by Crippen LogP contribution is -3.00. The highest BCUT2D eigenvalue weighted by molar-refractivity contribution is 5.06. The maximum absolute atomic E-state index is 3.62. The van der Waals surface area contributed by atoms with Crippen LogP contribution in [0.1, 0.15) is 5.56 Å². The molecular weight excluding hydrogens is 146 g/mol. The van der Waals surface area contributed by atoms with E-state index in [2.05, 4.69) is 13.5 Å². The molecule has 2 heteroatoms. The average molecular weight is 156 g/mol. The Kier molecular flexibility index (Phi) is 3.74. The Morgan fingerprint density at radius 3 is 2.30 bits per heavy atom. The summed E-state index contributed by atoms with van der Waals surface area (Å²) in [7, 11) is 0. The SMILES string of the molecule is C=C[n+]1ccc(C)cc1.[Cl-]. The van der Waals surface area contributed by atoms with E-state index in [1.54, 1.807) is 6.20 Å². The Bertz CT molecular complexity index is 203. The second kappa shape index (κ2) is 4.07. The molecule has 1 nitrogen and oxygen atoms in total. The molecule has 0 atom stereocenters. The predicted octanol–water partition coefficient (Wildman–Crippen LogP) is -1.61. The Morgan fingerprint density at radius 2 is 1.90 bits per heavy atom. The number of rotatable bonds is 1. The molecule has 0 radical (unpaired) electrons. The third-order valence-corrected chi connectivity index (χ3v) is 1.23. The largest absolute Gasteiger partial charge is 1.00 e. The normalized spacial score (nSPS) is 8.10. The van der Waals surface area contributed by atoms with Gasteiger partial charge in [-0.25, -0.2) is 0 Å². The van der Waals surface area contributed by atoms with Crippen molar-refractivity contribution in [3.8, 4) is 0 Å². The first-order valence-corrected chi connectivity index (χ1v) is 2.93. The average Bonchev–Trinajstić information content (AvgIpc) is 1.90. The van der Waals surface area contributed by atoms with Gasteiger partial charge in [0.25, 0.3) is 0 Å². The summed E-state index contributed by atoms with van der Waals surface area (Å²) in [6.45, 7) is 5.69. The van der Waals surface area contributed by atoms with E-state index in [1.165, 1.54) is 5.56 Å². The van der Waals surface area contributed by atoms with Gasteiger partial charge in [0.15, 0.2) is 18.6 Å². The lowest BCUT2D eigenvalue weighted by molar-refractivity contribution is -0.568. The van der Waals surface area contributed by atoms with Crippen LogP contribution in [-0.2, 0) is 0 Å². The maximum atomic E-state index is 3.62. The van der Waals surface area contributed by atoms with Crippen molar-refractivity contribution in [2.45, 2.75) is 6.92 Å². The van der Waals surface area contributed by atoms with Gasteiger partial charge in [0, 0.05) is 12.1 Å². The van der Waals surface area contributed by atoms with Crippen molar-refractivity contribution in [1.82, 2.24) is 0 Å². The van der Waals surface area contributed by atoms with Crippen LogP contribution in [0.5, 0.6) is 0 Å². The van der Waals surface area contributed by atoms with Gasteiger partial charge in [-0.15, -0.1) is 0 Å². The molecule has 0 saturated heterocycles. The van der Waals surface area contributed by atoms with Gasteiger partial charge in [-0.1, -0.05) is 0 Å². The van der Waals surface area contributed by atoms with Crippen LogP contribution in [0.15, 0.2) is 31.1 Å². The van der Waals surface area contributed by atoms with Gasteiger partial charge in [0.1, 0.15) is 0 Å². The molecule has 0 bridgehead atoms. The summed E-state index contributed by atoms with van der Waals surface area (Å²) >= 11 is 0. The minimum atomic E-state index is 0. The first-order chi connectivity index (χ1) is 4.33. The van der Waals surface area contributed by atoms with Crippen molar-refractivity contribution in [1.29, 1.82) is 0 Å². The molecule has 0 fully saturated rings. The van der Waals surface area contributed by atoms with Crippen LogP contribution in [0.25, 0.3) is 6.20 Å². The summed E-state index contributed by atoms with van der Waals surface area (Å²) in [5.74, 6) is 0. The van der Waals surface area contributed by atoms with E-state index in [1.807, 2.05) is 29.1 Å². The van der Waals surface area contributed by atoms with Gasteiger partial charge in [0.2, 0.25) is 0 Å². The number of halogens is 1. The van der Waals surface area contributed by atoms with Crippen molar-refractivity contribution in [3.63, 3.8) is 0 Å². The van der Waals surface area contributed by atoms with E-state index < -0.39 is 0 Å². The zero-order chi connectivity index (χ0) is 6.69.